The number of thioether (sulfide) groups is 1. The summed E-state index contributed by atoms with van der Waals surface area (Å²) in [5.74, 6) is 1.37. The maximum absolute atomic E-state index is 11.5. The molecule has 3 nitrogen and oxygen atoms in total. The van der Waals surface area contributed by atoms with Gasteiger partial charge in [-0.3, -0.25) is 4.79 Å². The molecule has 0 radical (unpaired) electrons. The first kappa shape index (κ1) is 15.2. The lowest BCUT2D eigenvalue weighted by molar-refractivity contribution is -0.120. The number of nitrogens with one attached hydrogen (secondary N) is 2. The molecule has 2 unspecified atom stereocenters. The number of rotatable bonds is 5. The van der Waals surface area contributed by atoms with Gasteiger partial charge in [-0.2, -0.15) is 11.8 Å². The van der Waals surface area contributed by atoms with Crippen LogP contribution in [0.4, 0.5) is 5.69 Å². The van der Waals surface area contributed by atoms with Gasteiger partial charge in [0.25, 0.3) is 0 Å². The summed E-state index contributed by atoms with van der Waals surface area (Å²) in [6, 6.07) is 8.81. The van der Waals surface area contributed by atoms with Gasteiger partial charge in [0.05, 0.1) is 6.42 Å². The van der Waals surface area contributed by atoms with E-state index in [-0.39, 0.29) is 5.91 Å². The first-order valence-corrected chi connectivity index (χ1v) is 8.47. The second-order valence-electron chi connectivity index (χ2n) is 5.30. The van der Waals surface area contributed by atoms with E-state index in [4.69, 9.17) is 0 Å². The van der Waals surface area contributed by atoms with E-state index in [0.717, 1.165) is 11.3 Å². The molecule has 0 bridgehead atoms. The summed E-state index contributed by atoms with van der Waals surface area (Å²) in [4.78, 5) is 11.5. The number of hydrogen-bond acceptors (Lipinski definition) is 3. The van der Waals surface area contributed by atoms with Crippen LogP contribution in [0, 0.1) is 0 Å². The molecular weight excluding hydrogens is 268 g/mol. The Labute approximate surface area is 125 Å². The predicted molar refractivity (Wildman–Crippen MR) is 87.4 cm³/mol. The molecule has 1 aromatic rings. The third-order valence-electron chi connectivity index (χ3n) is 3.65. The van der Waals surface area contributed by atoms with E-state index in [1.165, 1.54) is 18.6 Å². The van der Waals surface area contributed by atoms with Crippen LogP contribution in [0.25, 0.3) is 0 Å². The number of carbonyl (C=O) groups excluding carboxylic acids is 1. The molecule has 20 heavy (non-hydrogen) atoms. The Morgan fingerprint density at radius 1 is 1.35 bits per heavy atom. The Kier molecular flexibility index (Phi) is 5.77. The SMILES string of the molecule is CCNC(=O)Cc1ccc(NC2CCCSC2C)cc1. The van der Waals surface area contributed by atoms with Gasteiger partial charge in [0, 0.05) is 23.5 Å². The van der Waals surface area contributed by atoms with Gasteiger partial charge in [-0.05, 0) is 43.2 Å². The molecule has 2 atom stereocenters. The maximum atomic E-state index is 11.5. The number of amides is 1. The van der Waals surface area contributed by atoms with E-state index < -0.39 is 0 Å². The zero-order chi connectivity index (χ0) is 14.4. The first-order valence-electron chi connectivity index (χ1n) is 7.43. The molecule has 0 aromatic heterocycles. The molecule has 2 rings (SSSR count). The molecule has 1 aliphatic heterocycles. The van der Waals surface area contributed by atoms with Crippen molar-refractivity contribution < 1.29 is 4.79 Å². The monoisotopic (exact) mass is 292 g/mol. The summed E-state index contributed by atoms with van der Waals surface area (Å²) in [6.07, 6.45) is 3.00. The Balaban J connectivity index is 1.89. The second kappa shape index (κ2) is 7.58. The summed E-state index contributed by atoms with van der Waals surface area (Å²) in [7, 11) is 0. The van der Waals surface area contributed by atoms with Crippen LogP contribution in [-0.4, -0.2) is 29.5 Å². The number of carbonyl (C=O) groups is 1. The molecule has 0 spiro atoms. The zero-order valence-electron chi connectivity index (χ0n) is 12.3. The Morgan fingerprint density at radius 2 is 2.10 bits per heavy atom. The van der Waals surface area contributed by atoms with Crippen molar-refractivity contribution in [1.82, 2.24) is 5.32 Å². The van der Waals surface area contributed by atoms with Crippen LogP contribution in [0.2, 0.25) is 0 Å². The minimum Gasteiger partial charge on any atom is -0.381 e. The van der Waals surface area contributed by atoms with Crippen molar-refractivity contribution in [3.63, 3.8) is 0 Å². The van der Waals surface area contributed by atoms with Gasteiger partial charge in [-0.15, -0.1) is 0 Å². The lowest BCUT2D eigenvalue weighted by atomic mass is 10.1. The van der Waals surface area contributed by atoms with Gasteiger partial charge in [0.15, 0.2) is 0 Å². The molecule has 0 aliphatic carbocycles. The second-order valence-corrected chi connectivity index (χ2v) is 6.78. The standard InChI is InChI=1S/C16H24N2OS/c1-3-17-16(19)11-13-6-8-14(9-7-13)18-15-5-4-10-20-12(15)2/h6-9,12,15,18H,3-5,10-11H2,1-2H3,(H,17,19). The van der Waals surface area contributed by atoms with E-state index in [2.05, 4.69) is 29.7 Å². The van der Waals surface area contributed by atoms with E-state index >= 15 is 0 Å². The van der Waals surface area contributed by atoms with Crippen molar-refractivity contribution in [2.45, 2.75) is 44.4 Å². The molecule has 2 N–H and O–H groups in total. The summed E-state index contributed by atoms with van der Waals surface area (Å²) in [6.45, 7) is 4.93. The van der Waals surface area contributed by atoms with Crippen molar-refractivity contribution in [3.05, 3.63) is 29.8 Å². The first-order chi connectivity index (χ1) is 9.69. The molecule has 1 saturated heterocycles. The van der Waals surface area contributed by atoms with Crippen LogP contribution < -0.4 is 10.6 Å². The molecule has 1 aliphatic rings. The normalized spacial score (nSPS) is 22.3. The third kappa shape index (κ3) is 4.44. The molecular formula is C16H24N2OS. The van der Waals surface area contributed by atoms with Crippen LogP contribution in [0.15, 0.2) is 24.3 Å². The summed E-state index contributed by atoms with van der Waals surface area (Å²) in [5.41, 5.74) is 2.22. The molecule has 4 heteroatoms. The van der Waals surface area contributed by atoms with Gasteiger partial charge in [0.2, 0.25) is 5.91 Å². The fourth-order valence-electron chi connectivity index (χ4n) is 2.49. The summed E-state index contributed by atoms with van der Waals surface area (Å²) in [5, 5.41) is 7.10. The minimum atomic E-state index is 0.0884. The maximum Gasteiger partial charge on any atom is 0.224 e. The van der Waals surface area contributed by atoms with Crippen LogP contribution in [-0.2, 0) is 11.2 Å². The van der Waals surface area contributed by atoms with Crippen LogP contribution in [0.3, 0.4) is 0 Å². The van der Waals surface area contributed by atoms with E-state index in [1.54, 1.807) is 0 Å². The highest BCUT2D eigenvalue weighted by atomic mass is 32.2. The highest BCUT2D eigenvalue weighted by molar-refractivity contribution is 8.00. The van der Waals surface area contributed by atoms with Gasteiger partial charge in [-0.25, -0.2) is 0 Å². The van der Waals surface area contributed by atoms with Gasteiger partial charge in [-0.1, -0.05) is 19.1 Å². The zero-order valence-corrected chi connectivity index (χ0v) is 13.1. The molecule has 1 aromatic carbocycles. The number of anilines is 1. The molecule has 1 heterocycles. The number of hydrogen-bond donors (Lipinski definition) is 2. The lowest BCUT2D eigenvalue weighted by Gasteiger charge is -2.30. The smallest absolute Gasteiger partial charge is 0.224 e. The van der Waals surface area contributed by atoms with Crippen molar-refractivity contribution >= 4 is 23.4 Å². The molecule has 110 valence electrons. The Hall–Kier alpha value is -1.16. The quantitative estimate of drug-likeness (QED) is 0.876. The minimum absolute atomic E-state index is 0.0884. The third-order valence-corrected chi connectivity index (χ3v) is 5.03. The topological polar surface area (TPSA) is 41.1 Å². The highest BCUT2D eigenvalue weighted by Crippen LogP contribution is 2.27. The molecule has 1 fully saturated rings. The van der Waals surface area contributed by atoms with Gasteiger partial charge in [0.1, 0.15) is 0 Å². The fraction of sp³-hybridized carbons (Fsp3) is 0.562. The number of likely N-dealkylation sites (N-methyl/N-ethyl adjacent to an activating group) is 1. The highest BCUT2D eigenvalue weighted by Gasteiger charge is 2.21. The van der Waals surface area contributed by atoms with Crippen LogP contribution in [0.1, 0.15) is 32.3 Å². The summed E-state index contributed by atoms with van der Waals surface area (Å²) >= 11 is 2.05. The van der Waals surface area contributed by atoms with Crippen molar-refractivity contribution in [2.24, 2.45) is 0 Å². The average Bonchev–Trinajstić information content (AvgIpc) is 2.44. The van der Waals surface area contributed by atoms with Crippen molar-refractivity contribution in [3.8, 4) is 0 Å². The lowest BCUT2D eigenvalue weighted by Crippen LogP contribution is -2.32. The predicted octanol–water partition coefficient (Wildman–Crippen LogP) is 3.06. The Bertz CT molecular complexity index is 433. The van der Waals surface area contributed by atoms with Crippen LogP contribution >= 0.6 is 11.8 Å². The van der Waals surface area contributed by atoms with Gasteiger partial charge < -0.3 is 10.6 Å². The van der Waals surface area contributed by atoms with E-state index in [0.29, 0.717) is 24.3 Å². The fourth-order valence-corrected chi connectivity index (χ4v) is 3.63. The number of benzene rings is 1. The van der Waals surface area contributed by atoms with Gasteiger partial charge >= 0.3 is 0 Å². The molecule has 1 amide bonds. The van der Waals surface area contributed by atoms with Crippen molar-refractivity contribution in [1.29, 1.82) is 0 Å². The van der Waals surface area contributed by atoms with E-state index in [9.17, 15) is 4.79 Å². The Morgan fingerprint density at radius 3 is 2.75 bits per heavy atom. The van der Waals surface area contributed by atoms with E-state index in [1.807, 2.05) is 30.8 Å². The molecule has 0 saturated carbocycles. The average molecular weight is 292 g/mol. The van der Waals surface area contributed by atoms with Crippen LogP contribution in [0.5, 0.6) is 0 Å². The largest absolute Gasteiger partial charge is 0.381 e. The van der Waals surface area contributed by atoms with Crippen molar-refractivity contribution in [2.75, 3.05) is 17.6 Å². The summed E-state index contributed by atoms with van der Waals surface area (Å²) < 4.78 is 0.